The highest BCUT2D eigenvalue weighted by Gasteiger charge is 2.49. The van der Waals surface area contributed by atoms with Gasteiger partial charge < -0.3 is 110 Å². The second-order valence-corrected chi connectivity index (χ2v) is 15.9. The minimum absolute atomic E-state index is 0.0758. The van der Waals surface area contributed by atoms with Gasteiger partial charge in [0, 0.05) is 53.3 Å². The molecule has 0 saturated carbocycles. The van der Waals surface area contributed by atoms with Crippen molar-refractivity contribution in [1.29, 1.82) is 0 Å². The van der Waals surface area contributed by atoms with Crippen molar-refractivity contribution >= 4 is 0 Å². The predicted octanol–water partition coefficient (Wildman–Crippen LogP) is -1.28. The van der Waals surface area contributed by atoms with Crippen LogP contribution in [0.1, 0.15) is 34.5 Å². The molecule has 0 bridgehead atoms. The highest BCUT2D eigenvalue weighted by Crippen LogP contribution is 2.55. The molecule has 0 aliphatic carbocycles. The second-order valence-electron chi connectivity index (χ2n) is 15.9. The largest absolute Gasteiger partial charge is 0.508 e. The molecule has 22 nitrogen and oxygen atoms in total. The lowest BCUT2D eigenvalue weighted by atomic mass is 9.85. The molecule has 2 saturated heterocycles. The average Bonchev–Trinajstić information content (AvgIpc) is 3.26. The molecule has 2 fully saturated rings. The number of aliphatic hydroxyl groups excluding tert-OH is 8. The number of hydrogen-bond donors (Lipinski definition) is 16. The predicted molar refractivity (Wildman–Crippen MR) is 210 cm³/mol. The summed E-state index contributed by atoms with van der Waals surface area (Å²) in [4.78, 5) is 0. The maximum Gasteiger partial charge on any atom is 0.187 e. The van der Waals surface area contributed by atoms with Crippen molar-refractivity contribution in [3.63, 3.8) is 0 Å². The van der Waals surface area contributed by atoms with E-state index in [4.69, 9.17) is 28.4 Å². The monoisotopic (exact) mass is 902 g/mol. The van der Waals surface area contributed by atoms with Crippen molar-refractivity contribution in [2.45, 2.75) is 98.7 Å². The lowest BCUT2D eigenvalue weighted by Crippen LogP contribution is -2.60. The van der Waals surface area contributed by atoms with Gasteiger partial charge in [-0.05, 0) is 29.8 Å². The maximum atomic E-state index is 11.7. The Bertz CT molecular complexity index is 2370. The molecule has 14 atom stereocenters. The number of ether oxygens (including phenoxy) is 6. The number of hydrogen-bond acceptors (Lipinski definition) is 22. The molecule has 4 aromatic carbocycles. The van der Waals surface area contributed by atoms with Crippen LogP contribution < -0.4 is 9.47 Å². The molecule has 4 heterocycles. The topological polar surface area (TPSA) is 379 Å². The van der Waals surface area contributed by atoms with Crippen molar-refractivity contribution in [2.75, 3.05) is 13.2 Å². The van der Waals surface area contributed by atoms with E-state index in [-0.39, 0.29) is 57.7 Å². The zero-order valence-corrected chi connectivity index (χ0v) is 33.1. The fourth-order valence-electron chi connectivity index (χ4n) is 8.47. The summed E-state index contributed by atoms with van der Waals surface area (Å²) in [6.07, 6.45) is -23.7. The number of benzene rings is 4. The zero-order chi connectivity index (χ0) is 46.0. The molecule has 4 aliphatic heterocycles. The summed E-state index contributed by atoms with van der Waals surface area (Å²) in [6, 6.07) is 8.66. The first-order valence-corrected chi connectivity index (χ1v) is 19.9. The molecule has 22 heteroatoms. The molecule has 14 unspecified atom stereocenters. The molecule has 4 aromatic rings. The minimum atomic E-state index is -1.92. The average molecular weight is 903 g/mol. The fraction of sp³-hybridized carbons (Fsp3) is 0.429. The molecule has 0 aromatic heterocycles. The van der Waals surface area contributed by atoms with Crippen LogP contribution in [0.2, 0.25) is 0 Å². The van der Waals surface area contributed by atoms with E-state index < -0.39 is 145 Å². The summed E-state index contributed by atoms with van der Waals surface area (Å²) < 4.78 is 36.3. The Hall–Kier alpha value is -5.60. The first-order chi connectivity index (χ1) is 30.4. The molecule has 8 rings (SSSR count). The van der Waals surface area contributed by atoms with Gasteiger partial charge in [-0.15, -0.1) is 0 Å². The number of phenolic OH excluding ortho intramolecular Hbond substituents is 8. The summed E-state index contributed by atoms with van der Waals surface area (Å²) in [7, 11) is 0. The van der Waals surface area contributed by atoms with E-state index in [1.165, 1.54) is 6.07 Å². The van der Waals surface area contributed by atoms with E-state index in [2.05, 4.69) is 0 Å². The number of rotatable bonds is 9. The van der Waals surface area contributed by atoms with Crippen molar-refractivity contribution in [3.8, 4) is 68.6 Å². The normalized spacial score (nSPS) is 32.5. The van der Waals surface area contributed by atoms with Crippen LogP contribution in [0.25, 0.3) is 11.1 Å². The summed E-state index contributed by atoms with van der Waals surface area (Å²) in [6.45, 7) is -1.60. The molecular formula is C42H46O22. The van der Waals surface area contributed by atoms with Crippen LogP contribution in [-0.2, 0) is 31.8 Å². The van der Waals surface area contributed by atoms with E-state index in [1.54, 1.807) is 0 Å². The lowest BCUT2D eigenvalue weighted by Gasteiger charge is -2.43. The standard InChI is InChI=1S/C42H46O22/c43-11-29-32(53)34(55)36(57)41(62-29)60-27-9-18-21(48)10-25(52)31(40(18)64-38(27)13-1-2-19(46)22(49)3-13)15-6-23(50)24(51)7-16(15)39-28(8-17-20(47)4-14(45)5-26(17)59-39)61-42-37(58)35(56)33(54)30(12-44)63-42/h1-7,10,27-30,32-39,41-58H,8-9,11-12H2. The highest BCUT2D eigenvalue weighted by molar-refractivity contribution is 5.84. The SMILES string of the molecule is OCC1OC(OC2Cc3c(O)cc(O)c(-c4cc(O)c(O)cc4C4Oc5cc(O)cc(O)c5CC4OC4OC(CO)C(O)C(O)C4O)c3OC2c2ccc(O)c(O)c2)C(O)C(O)C1O. The summed E-state index contributed by atoms with van der Waals surface area (Å²) in [5, 5.41) is 170. The first-order valence-electron chi connectivity index (χ1n) is 19.9. The maximum absolute atomic E-state index is 11.7. The van der Waals surface area contributed by atoms with Crippen LogP contribution >= 0.6 is 0 Å². The Kier molecular flexibility index (Phi) is 12.2. The van der Waals surface area contributed by atoms with Crippen LogP contribution in [0.15, 0.2) is 48.5 Å². The van der Waals surface area contributed by atoms with Crippen LogP contribution in [0.5, 0.6) is 57.5 Å². The Morgan fingerprint density at radius 2 is 1.05 bits per heavy atom. The Morgan fingerprint density at radius 1 is 0.500 bits per heavy atom. The van der Waals surface area contributed by atoms with E-state index in [0.29, 0.717) is 0 Å². The van der Waals surface area contributed by atoms with Crippen molar-refractivity contribution in [3.05, 3.63) is 70.8 Å². The zero-order valence-electron chi connectivity index (χ0n) is 33.1. The highest BCUT2D eigenvalue weighted by atomic mass is 16.7. The summed E-state index contributed by atoms with van der Waals surface area (Å²) in [5.74, 6) is -5.18. The van der Waals surface area contributed by atoms with E-state index >= 15 is 0 Å². The van der Waals surface area contributed by atoms with E-state index in [0.717, 1.165) is 42.5 Å². The molecule has 0 spiro atoms. The van der Waals surface area contributed by atoms with Gasteiger partial charge in [0.2, 0.25) is 0 Å². The Labute approximate surface area is 361 Å². The van der Waals surface area contributed by atoms with Gasteiger partial charge in [-0.2, -0.15) is 0 Å². The molecule has 346 valence electrons. The van der Waals surface area contributed by atoms with Crippen molar-refractivity contribution < 1.29 is 110 Å². The van der Waals surface area contributed by atoms with Crippen LogP contribution in [0.4, 0.5) is 0 Å². The van der Waals surface area contributed by atoms with E-state index in [9.17, 15) is 81.7 Å². The van der Waals surface area contributed by atoms with Gasteiger partial charge in [0.05, 0.1) is 18.8 Å². The van der Waals surface area contributed by atoms with Gasteiger partial charge in [-0.25, -0.2) is 0 Å². The Balaban J connectivity index is 1.26. The number of aliphatic hydroxyl groups is 8. The number of phenols is 8. The van der Waals surface area contributed by atoms with Crippen LogP contribution in [0, 0.1) is 0 Å². The van der Waals surface area contributed by atoms with Crippen molar-refractivity contribution in [1.82, 2.24) is 0 Å². The molecule has 64 heavy (non-hydrogen) atoms. The van der Waals surface area contributed by atoms with Crippen molar-refractivity contribution in [2.24, 2.45) is 0 Å². The molecule has 4 aliphatic rings. The lowest BCUT2D eigenvalue weighted by molar-refractivity contribution is -0.317. The van der Waals surface area contributed by atoms with Crippen LogP contribution in [-0.4, -0.2) is 169 Å². The number of aromatic hydroxyl groups is 8. The molecule has 0 radical (unpaired) electrons. The van der Waals surface area contributed by atoms with Gasteiger partial charge in [-0.3, -0.25) is 0 Å². The fourth-order valence-corrected chi connectivity index (χ4v) is 8.47. The molecule has 16 N–H and O–H groups in total. The quantitative estimate of drug-likeness (QED) is 0.0870. The van der Waals surface area contributed by atoms with Gasteiger partial charge >= 0.3 is 0 Å². The smallest absolute Gasteiger partial charge is 0.187 e. The summed E-state index contributed by atoms with van der Waals surface area (Å²) >= 11 is 0. The first kappa shape index (κ1) is 45.0. The second kappa shape index (κ2) is 17.4. The molecular weight excluding hydrogens is 856 g/mol. The third-order valence-electron chi connectivity index (χ3n) is 11.9. The molecule has 0 amide bonds. The van der Waals surface area contributed by atoms with Gasteiger partial charge in [0.1, 0.15) is 95.5 Å². The number of fused-ring (bicyclic) bond motifs is 2. The third kappa shape index (κ3) is 7.97. The minimum Gasteiger partial charge on any atom is -0.508 e. The van der Waals surface area contributed by atoms with Gasteiger partial charge in [0.25, 0.3) is 0 Å². The van der Waals surface area contributed by atoms with Gasteiger partial charge in [-0.1, -0.05) is 6.07 Å². The van der Waals surface area contributed by atoms with Gasteiger partial charge in [0.15, 0.2) is 47.8 Å². The van der Waals surface area contributed by atoms with Crippen LogP contribution in [0.3, 0.4) is 0 Å². The third-order valence-corrected chi connectivity index (χ3v) is 11.9. The summed E-state index contributed by atoms with van der Waals surface area (Å²) in [5.41, 5.74) is -0.491. The van der Waals surface area contributed by atoms with E-state index in [1.807, 2.05) is 0 Å². The Morgan fingerprint density at radius 3 is 1.64 bits per heavy atom.